The van der Waals surface area contributed by atoms with Gasteiger partial charge in [0.05, 0.1) is 12.7 Å². The Balaban J connectivity index is 3.28. The number of aliphatic imine (C=N–C) groups is 1. The van der Waals surface area contributed by atoms with Gasteiger partial charge in [-0.3, -0.25) is 52.9 Å². The Kier molecular flexibility index (Phi) is 26.7. The molecule has 392 valence electrons. The lowest BCUT2D eigenvalue weighted by molar-refractivity contribution is -0.141. The van der Waals surface area contributed by atoms with Crippen molar-refractivity contribution in [2.45, 2.75) is 128 Å². The number of carboxylic acids is 1. The molecule has 9 atom stereocenters. The van der Waals surface area contributed by atoms with Gasteiger partial charge in [-0.1, -0.05) is 27.7 Å². The van der Waals surface area contributed by atoms with Crippen molar-refractivity contribution in [3.63, 3.8) is 0 Å². The molecule has 1 aromatic heterocycles. The predicted octanol–water partition coefficient (Wildman–Crippen LogP) is -4.92. The van der Waals surface area contributed by atoms with Crippen LogP contribution in [-0.4, -0.2) is 164 Å². The van der Waals surface area contributed by atoms with E-state index in [9.17, 15) is 57.8 Å². The molecule has 0 aromatic carbocycles. The zero-order valence-electron chi connectivity index (χ0n) is 39.6. The number of hydrogen-bond acceptors (Lipinski definition) is 15. The van der Waals surface area contributed by atoms with Crippen molar-refractivity contribution in [2.24, 2.45) is 34.0 Å². The number of aromatic amines is 1. The summed E-state index contributed by atoms with van der Waals surface area (Å²) in [5, 5.41) is 40.0. The molecule has 28 nitrogen and oxygen atoms in total. The molecule has 1 rings (SSSR count). The maximum atomic E-state index is 13.8. The number of carbonyl (C=O) groups is 11. The first-order chi connectivity index (χ1) is 32.7. The molecule has 0 saturated carbocycles. The van der Waals surface area contributed by atoms with Crippen molar-refractivity contribution in [1.82, 2.24) is 57.8 Å². The Morgan fingerprint density at radius 2 is 1.10 bits per heavy atom. The van der Waals surface area contributed by atoms with Crippen LogP contribution in [0.15, 0.2) is 17.5 Å². The number of aromatic nitrogens is 2. The third-order valence-corrected chi connectivity index (χ3v) is 10.7. The lowest BCUT2D eigenvalue weighted by atomic mass is 10.0. The molecule has 0 radical (unpaired) electrons. The highest BCUT2D eigenvalue weighted by atomic mass is 32.1. The Hall–Kier alpha value is -6.85. The van der Waals surface area contributed by atoms with Gasteiger partial charge in [0.25, 0.3) is 0 Å². The maximum Gasteiger partial charge on any atom is 0.405 e. The van der Waals surface area contributed by atoms with Crippen LogP contribution < -0.4 is 65.1 Å². The first kappa shape index (κ1) is 61.2. The van der Waals surface area contributed by atoms with E-state index < -0.39 is 132 Å². The summed E-state index contributed by atoms with van der Waals surface area (Å²) in [5.74, 6) is -11.2. The zero-order chi connectivity index (χ0) is 53.4. The molecule has 70 heavy (non-hydrogen) atoms. The molecule has 0 fully saturated rings. The molecule has 10 amide bonds. The molecule has 0 bridgehead atoms. The first-order valence-corrected chi connectivity index (χ1v) is 23.1. The second-order valence-corrected chi connectivity index (χ2v) is 17.5. The quantitative estimate of drug-likeness (QED) is 0.0143. The lowest BCUT2D eigenvalue weighted by Crippen LogP contribution is -2.61. The molecule has 0 aliphatic heterocycles. The number of nitrogens with one attached hydrogen (secondary N) is 10. The van der Waals surface area contributed by atoms with Crippen LogP contribution >= 0.6 is 25.3 Å². The first-order valence-electron chi connectivity index (χ1n) is 21.9. The average molecular weight is 1030 g/mol. The van der Waals surface area contributed by atoms with E-state index in [4.69, 9.17) is 22.3 Å². The molecule has 0 aliphatic rings. The number of amides is 10. The highest BCUT2D eigenvalue weighted by molar-refractivity contribution is 7.80. The number of thiol groups is 2. The van der Waals surface area contributed by atoms with Crippen molar-refractivity contribution in [2.75, 3.05) is 18.1 Å². The van der Waals surface area contributed by atoms with E-state index in [1.165, 1.54) is 40.2 Å². The number of carbonyl (C=O) groups excluding carboxylic acids is 9. The van der Waals surface area contributed by atoms with Crippen LogP contribution in [0.1, 0.15) is 72.9 Å². The monoisotopic (exact) mass is 1030 g/mol. The highest BCUT2D eigenvalue weighted by Gasteiger charge is 2.35. The van der Waals surface area contributed by atoms with E-state index in [1.807, 2.05) is 5.32 Å². The number of carboxylic acid groups (broad SMARTS) is 2. The number of aliphatic carboxylic acids is 1. The van der Waals surface area contributed by atoms with Gasteiger partial charge < -0.3 is 80.2 Å². The van der Waals surface area contributed by atoms with Crippen molar-refractivity contribution in [3.8, 4) is 0 Å². The Morgan fingerprint density at radius 1 is 0.614 bits per heavy atom. The average Bonchev–Trinajstić information content (AvgIpc) is 3.78. The minimum atomic E-state index is -1.70. The van der Waals surface area contributed by atoms with E-state index in [0.717, 1.165) is 0 Å². The lowest BCUT2D eigenvalue weighted by Gasteiger charge is -2.27. The van der Waals surface area contributed by atoms with Gasteiger partial charge in [0.15, 0.2) is 5.96 Å². The number of imidazole rings is 1. The van der Waals surface area contributed by atoms with Gasteiger partial charge >= 0.3 is 12.1 Å². The number of guanidine groups is 1. The standard InChI is InChI=1S/C40H67N15O13S2/c1-17(2)10-23(51-37(65)27(15-70)54-40(67)68)35(63)49-22(8-7-9-45-39(42)43)33(61)47-19(5)31(59)50-24(11-21-13-44-16-46-21)34(62)48-20(6)32(60)55-29(18(3)4)38(66)52-25(12-28(56)57)36(64)53-26(14-69)30(41)58/h13,16-20,22-27,29,54,69-70H,7-12,14-15H2,1-6H3,(H2,41,58)(H,44,46)(H,47,61)(H,48,62)(H,49,63)(H,50,59)(H,51,65)(H,52,66)(H,53,64)(H,55,60)(H,56,57)(H,67,68)(H4,42,43,45)/t19-,20-,22-,23-,24-,25-,26-,27-,29-/m0/s1. The summed E-state index contributed by atoms with van der Waals surface area (Å²) >= 11 is 7.94. The molecule has 1 heterocycles. The molecule has 0 unspecified atom stereocenters. The fourth-order valence-corrected chi connectivity index (χ4v) is 6.71. The van der Waals surface area contributed by atoms with Gasteiger partial charge in [-0.2, -0.15) is 25.3 Å². The molecule has 30 heteroatoms. The second kappa shape index (κ2) is 30.6. The van der Waals surface area contributed by atoms with E-state index in [2.05, 4.69) is 82.8 Å². The number of hydrogen-bond donors (Lipinski definition) is 17. The third-order valence-electron chi connectivity index (χ3n) is 9.93. The maximum absolute atomic E-state index is 13.8. The van der Waals surface area contributed by atoms with Crippen LogP contribution in [0, 0.1) is 11.8 Å². The second-order valence-electron chi connectivity index (χ2n) is 16.7. The zero-order valence-corrected chi connectivity index (χ0v) is 41.4. The minimum Gasteiger partial charge on any atom is -0.481 e. The molecule has 0 spiro atoms. The van der Waals surface area contributed by atoms with Gasteiger partial charge in [0, 0.05) is 36.4 Å². The van der Waals surface area contributed by atoms with E-state index in [-0.39, 0.29) is 55.6 Å². The van der Waals surface area contributed by atoms with Crippen molar-refractivity contribution < 1.29 is 63.0 Å². The van der Waals surface area contributed by atoms with Crippen LogP contribution in [0.4, 0.5) is 4.79 Å². The molecule has 18 N–H and O–H groups in total. The fourth-order valence-electron chi connectivity index (χ4n) is 6.18. The van der Waals surface area contributed by atoms with Gasteiger partial charge in [-0.15, -0.1) is 0 Å². The Morgan fingerprint density at radius 3 is 1.59 bits per heavy atom. The van der Waals surface area contributed by atoms with Gasteiger partial charge in [0.1, 0.15) is 54.4 Å². The molecule has 0 aliphatic carbocycles. The van der Waals surface area contributed by atoms with Gasteiger partial charge in [-0.25, -0.2) is 9.78 Å². The van der Waals surface area contributed by atoms with Crippen LogP contribution in [-0.2, 0) is 54.4 Å². The van der Waals surface area contributed by atoms with Crippen LogP contribution in [0.3, 0.4) is 0 Å². The van der Waals surface area contributed by atoms with Crippen molar-refractivity contribution >= 4 is 96.4 Å². The molecule has 1 aromatic rings. The van der Waals surface area contributed by atoms with Crippen LogP contribution in [0.5, 0.6) is 0 Å². The van der Waals surface area contributed by atoms with Crippen molar-refractivity contribution in [3.05, 3.63) is 18.2 Å². The minimum absolute atomic E-state index is 0.0455. The number of H-pyrrole nitrogens is 1. The number of primary amides is 1. The SMILES string of the molecule is CC(C)C[C@H](NC(=O)[C@H](CS)NC(=O)O)C(=O)N[C@@H](CCCN=C(N)N)C(=O)N[C@@H](C)C(=O)N[C@@H](Cc1cnc[nH]1)C(=O)N[C@@H](C)C(=O)N[C@H](C(=O)N[C@@H](CC(=O)O)C(=O)N[C@@H](CS)C(N)=O)C(C)C. The predicted molar refractivity (Wildman–Crippen MR) is 257 cm³/mol. The Labute approximate surface area is 414 Å². The summed E-state index contributed by atoms with van der Waals surface area (Å²) in [6, 6.07) is -12.4. The fraction of sp³-hybridized carbons (Fsp3) is 0.625. The number of rotatable bonds is 31. The summed E-state index contributed by atoms with van der Waals surface area (Å²) in [4.78, 5) is 153. The van der Waals surface area contributed by atoms with E-state index >= 15 is 0 Å². The number of nitrogens with two attached hydrogens (primary N) is 3. The molecular weight excluding hydrogens is 963 g/mol. The Bertz CT molecular complexity index is 2020. The summed E-state index contributed by atoms with van der Waals surface area (Å²) in [7, 11) is 0. The number of nitrogens with zero attached hydrogens (tertiary/aromatic N) is 2. The molecular formula is C40H67N15O13S2. The highest BCUT2D eigenvalue weighted by Crippen LogP contribution is 2.10. The topological polar surface area (TPSA) is 456 Å². The third kappa shape index (κ3) is 22.5. The molecule has 0 saturated heterocycles. The summed E-state index contributed by atoms with van der Waals surface area (Å²) in [6.45, 7) is 9.21. The van der Waals surface area contributed by atoms with Crippen molar-refractivity contribution in [1.29, 1.82) is 0 Å². The van der Waals surface area contributed by atoms with E-state index in [1.54, 1.807) is 13.8 Å². The summed E-state index contributed by atoms with van der Waals surface area (Å²) in [6.07, 6.45) is 0.241. The normalized spacial score (nSPS) is 14.8. The smallest absolute Gasteiger partial charge is 0.405 e. The van der Waals surface area contributed by atoms with Gasteiger partial charge in [-0.05, 0) is 44.9 Å². The largest absolute Gasteiger partial charge is 0.481 e. The van der Waals surface area contributed by atoms with Gasteiger partial charge in [0.2, 0.25) is 53.2 Å². The summed E-state index contributed by atoms with van der Waals surface area (Å²) in [5.41, 5.74) is 16.5. The van der Waals surface area contributed by atoms with Crippen LogP contribution in [0.2, 0.25) is 0 Å². The van der Waals surface area contributed by atoms with Crippen LogP contribution in [0.25, 0.3) is 0 Å². The van der Waals surface area contributed by atoms with E-state index in [0.29, 0.717) is 5.69 Å². The summed E-state index contributed by atoms with van der Waals surface area (Å²) < 4.78 is 0.